The number of benzene rings is 2. The summed E-state index contributed by atoms with van der Waals surface area (Å²) in [7, 11) is 0. The molecule has 0 unspecified atom stereocenters. The number of hydrogen-bond acceptors (Lipinski definition) is 2. The van der Waals surface area contributed by atoms with Crippen LogP contribution in [0.1, 0.15) is 30.9 Å². The van der Waals surface area contributed by atoms with Crippen LogP contribution in [0.2, 0.25) is 0 Å². The highest BCUT2D eigenvalue weighted by Crippen LogP contribution is 2.19. The number of carbonyl (C=O) groups is 1. The maximum Gasteiger partial charge on any atom is 0.262 e. The average molecular weight is 309 g/mol. The van der Waals surface area contributed by atoms with Crippen LogP contribution in [0.4, 0.5) is 5.69 Å². The van der Waals surface area contributed by atoms with Gasteiger partial charge in [0, 0.05) is 5.69 Å². The minimum absolute atomic E-state index is 0.0138. The molecule has 3 nitrogen and oxygen atoms in total. The fourth-order valence-corrected chi connectivity index (χ4v) is 2.26. The van der Waals surface area contributed by atoms with Gasteiger partial charge in [-0.2, -0.15) is 0 Å². The summed E-state index contributed by atoms with van der Waals surface area (Å²) < 4.78 is 5.63. The van der Waals surface area contributed by atoms with Crippen molar-refractivity contribution in [3.8, 4) is 5.75 Å². The van der Waals surface area contributed by atoms with Crippen LogP contribution in [-0.2, 0) is 11.2 Å². The first-order valence-electron chi connectivity index (χ1n) is 7.81. The van der Waals surface area contributed by atoms with Crippen molar-refractivity contribution in [3.63, 3.8) is 0 Å². The summed E-state index contributed by atoms with van der Waals surface area (Å²) in [6.07, 6.45) is 2.53. The molecule has 0 aromatic heterocycles. The summed E-state index contributed by atoms with van der Waals surface area (Å²) in [5, 5.41) is 2.85. The molecule has 0 saturated heterocycles. The molecule has 0 aliphatic carbocycles. The predicted molar refractivity (Wildman–Crippen MR) is 95.0 cm³/mol. The Morgan fingerprint density at radius 2 is 1.87 bits per heavy atom. The first-order chi connectivity index (χ1) is 11.1. The van der Waals surface area contributed by atoms with Gasteiger partial charge in [0.15, 0.2) is 6.61 Å². The molecule has 0 aliphatic rings. The quantitative estimate of drug-likeness (QED) is 0.762. The summed E-state index contributed by atoms with van der Waals surface area (Å²) in [5.41, 5.74) is 3.05. The molecule has 23 heavy (non-hydrogen) atoms. The van der Waals surface area contributed by atoms with Crippen molar-refractivity contribution in [3.05, 3.63) is 72.3 Å². The van der Waals surface area contributed by atoms with E-state index in [0.717, 1.165) is 17.0 Å². The van der Waals surface area contributed by atoms with E-state index in [0.29, 0.717) is 12.3 Å². The second-order valence-electron chi connectivity index (χ2n) is 5.71. The summed E-state index contributed by atoms with van der Waals surface area (Å²) in [5.74, 6) is 1.03. The molecule has 0 spiro atoms. The second-order valence-corrected chi connectivity index (χ2v) is 5.71. The number of amides is 1. The largest absolute Gasteiger partial charge is 0.483 e. The van der Waals surface area contributed by atoms with Crippen LogP contribution in [-0.4, -0.2) is 12.5 Å². The Kier molecular flexibility index (Phi) is 5.98. The highest BCUT2D eigenvalue weighted by atomic mass is 16.5. The molecule has 2 rings (SSSR count). The molecule has 0 heterocycles. The van der Waals surface area contributed by atoms with Gasteiger partial charge in [-0.1, -0.05) is 50.3 Å². The number of hydrogen-bond donors (Lipinski definition) is 1. The molecular weight excluding hydrogens is 286 g/mol. The Balaban J connectivity index is 1.91. The Morgan fingerprint density at radius 3 is 2.52 bits per heavy atom. The summed E-state index contributed by atoms with van der Waals surface area (Å²) in [6, 6.07) is 15.6. The van der Waals surface area contributed by atoms with E-state index in [-0.39, 0.29) is 12.5 Å². The SMILES string of the molecule is C=CCc1ccccc1OCC(=O)Nc1ccc(C(C)C)cc1. The van der Waals surface area contributed by atoms with Crippen LogP contribution in [0, 0.1) is 0 Å². The van der Waals surface area contributed by atoms with E-state index in [9.17, 15) is 4.79 Å². The van der Waals surface area contributed by atoms with Gasteiger partial charge in [0.1, 0.15) is 5.75 Å². The van der Waals surface area contributed by atoms with Gasteiger partial charge in [-0.25, -0.2) is 0 Å². The van der Waals surface area contributed by atoms with Crippen LogP contribution >= 0.6 is 0 Å². The number of nitrogens with one attached hydrogen (secondary N) is 1. The summed E-state index contributed by atoms with van der Waals surface area (Å²) in [6.45, 7) is 8.00. The zero-order valence-electron chi connectivity index (χ0n) is 13.7. The van der Waals surface area contributed by atoms with E-state index in [1.165, 1.54) is 5.56 Å². The highest BCUT2D eigenvalue weighted by Gasteiger charge is 2.07. The van der Waals surface area contributed by atoms with Gasteiger partial charge < -0.3 is 10.1 Å². The summed E-state index contributed by atoms with van der Waals surface area (Å²) in [4.78, 5) is 12.0. The molecule has 2 aromatic rings. The van der Waals surface area contributed by atoms with Gasteiger partial charge in [-0.15, -0.1) is 6.58 Å². The lowest BCUT2D eigenvalue weighted by molar-refractivity contribution is -0.118. The minimum atomic E-state index is -0.171. The Bertz CT molecular complexity index is 660. The van der Waals surface area contributed by atoms with Crippen LogP contribution in [0.25, 0.3) is 0 Å². The molecule has 3 heteroatoms. The van der Waals surface area contributed by atoms with E-state index in [1.54, 1.807) is 0 Å². The van der Waals surface area contributed by atoms with E-state index >= 15 is 0 Å². The van der Waals surface area contributed by atoms with E-state index in [1.807, 2.05) is 54.6 Å². The molecule has 0 bridgehead atoms. The number of anilines is 1. The minimum Gasteiger partial charge on any atom is -0.483 e. The van der Waals surface area contributed by atoms with Crippen molar-refractivity contribution in [1.82, 2.24) is 0 Å². The lowest BCUT2D eigenvalue weighted by atomic mass is 10.0. The Hall–Kier alpha value is -2.55. The highest BCUT2D eigenvalue weighted by molar-refractivity contribution is 5.91. The number of rotatable bonds is 7. The molecule has 1 N–H and O–H groups in total. The van der Waals surface area contributed by atoms with Crippen LogP contribution < -0.4 is 10.1 Å². The zero-order chi connectivity index (χ0) is 16.7. The molecule has 0 radical (unpaired) electrons. The molecule has 0 saturated carbocycles. The Labute approximate surface area is 138 Å². The molecule has 0 fully saturated rings. The third-order valence-electron chi connectivity index (χ3n) is 3.56. The molecule has 0 aliphatic heterocycles. The fraction of sp³-hybridized carbons (Fsp3) is 0.250. The summed E-state index contributed by atoms with van der Waals surface area (Å²) >= 11 is 0. The maximum atomic E-state index is 12.0. The third kappa shape index (κ3) is 4.99. The van der Waals surface area contributed by atoms with Gasteiger partial charge >= 0.3 is 0 Å². The topological polar surface area (TPSA) is 38.3 Å². The first kappa shape index (κ1) is 16.8. The van der Waals surface area contributed by atoms with Crippen LogP contribution in [0.3, 0.4) is 0 Å². The van der Waals surface area contributed by atoms with E-state index in [2.05, 4.69) is 25.7 Å². The third-order valence-corrected chi connectivity index (χ3v) is 3.56. The Morgan fingerprint density at radius 1 is 1.17 bits per heavy atom. The van der Waals surface area contributed by atoms with Gasteiger partial charge in [0.05, 0.1) is 0 Å². The molecule has 0 atom stereocenters. The maximum absolute atomic E-state index is 12.0. The fourth-order valence-electron chi connectivity index (χ4n) is 2.26. The number of carbonyl (C=O) groups excluding carboxylic acids is 1. The molecule has 2 aromatic carbocycles. The van der Waals surface area contributed by atoms with Gasteiger partial charge in [0.2, 0.25) is 0 Å². The smallest absolute Gasteiger partial charge is 0.262 e. The number of para-hydroxylation sites is 1. The normalized spacial score (nSPS) is 10.4. The first-order valence-corrected chi connectivity index (χ1v) is 7.81. The van der Waals surface area contributed by atoms with Crippen molar-refractivity contribution in [2.24, 2.45) is 0 Å². The van der Waals surface area contributed by atoms with Gasteiger partial charge in [-0.05, 0) is 41.7 Å². The van der Waals surface area contributed by atoms with E-state index < -0.39 is 0 Å². The van der Waals surface area contributed by atoms with Gasteiger partial charge in [0.25, 0.3) is 5.91 Å². The number of allylic oxidation sites excluding steroid dienone is 1. The van der Waals surface area contributed by atoms with Gasteiger partial charge in [-0.3, -0.25) is 4.79 Å². The predicted octanol–water partition coefficient (Wildman–Crippen LogP) is 4.56. The van der Waals surface area contributed by atoms with Crippen molar-refractivity contribution >= 4 is 11.6 Å². The zero-order valence-corrected chi connectivity index (χ0v) is 13.7. The standard InChI is InChI=1S/C20H23NO2/c1-4-7-17-8-5-6-9-19(17)23-14-20(22)21-18-12-10-16(11-13-18)15(2)3/h4-6,8-13,15H,1,7,14H2,2-3H3,(H,21,22). The van der Waals surface area contributed by atoms with Crippen molar-refractivity contribution < 1.29 is 9.53 Å². The van der Waals surface area contributed by atoms with Crippen molar-refractivity contribution in [2.45, 2.75) is 26.2 Å². The lowest BCUT2D eigenvalue weighted by Crippen LogP contribution is -2.20. The number of ether oxygens (including phenoxy) is 1. The lowest BCUT2D eigenvalue weighted by Gasteiger charge is -2.11. The van der Waals surface area contributed by atoms with Crippen molar-refractivity contribution in [2.75, 3.05) is 11.9 Å². The molecular formula is C20H23NO2. The molecule has 120 valence electrons. The van der Waals surface area contributed by atoms with Crippen molar-refractivity contribution in [1.29, 1.82) is 0 Å². The molecule has 1 amide bonds. The monoisotopic (exact) mass is 309 g/mol. The van der Waals surface area contributed by atoms with Crippen LogP contribution in [0.15, 0.2) is 61.2 Å². The average Bonchev–Trinajstić information content (AvgIpc) is 2.55. The second kappa shape index (κ2) is 8.18. The van der Waals surface area contributed by atoms with E-state index in [4.69, 9.17) is 4.74 Å². The van der Waals surface area contributed by atoms with Crippen LogP contribution in [0.5, 0.6) is 5.75 Å².